The van der Waals surface area contributed by atoms with Gasteiger partial charge in [0.15, 0.2) is 5.78 Å². The van der Waals surface area contributed by atoms with Crippen LogP contribution in [0.2, 0.25) is 0 Å². The number of nitriles is 1. The lowest BCUT2D eigenvalue weighted by Gasteiger charge is -2.22. The number of anilines is 1. The molecule has 1 amide bonds. The second-order valence-corrected chi connectivity index (χ2v) is 5.44. The van der Waals surface area contributed by atoms with Gasteiger partial charge in [-0.05, 0) is 56.9 Å². The molecule has 2 rings (SSSR count). The second kappa shape index (κ2) is 6.40. The quantitative estimate of drug-likeness (QED) is 0.813. The third-order valence-corrected chi connectivity index (χ3v) is 3.79. The summed E-state index contributed by atoms with van der Waals surface area (Å²) in [6.07, 6.45) is 3.41. The minimum absolute atomic E-state index is 0.0106. The lowest BCUT2D eigenvalue weighted by atomic mass is 10.00. The first-order chi connectivity index (χ1) is 10.0. The zero-order valence-electron chi connectivity index (χ0n) is 12.1. The molecule has 0 unspecified atom stereocenters. The first kappa shape index (κ1) is 15.0. The van der Waals surface area contributed by atoms with E-state index >= 15 is 0 Å². The minimum Gasteiger partial charge on any atom is -0.376 e. The lowest BCUT2D eigenvalue weighted by molar-refractivity contribution is -0.120. The van der Waals surface area contributed by atoms with Crippen molar-refractivity contribution in [1.82, 2.24) is 5.32 Å². The molecule has 110 valence electrons. The van der Waals surface area contributed by atoms with Gasteiger partial charge in [0, 0.05) is 11.3 Å². The van der Waals surface area contributed by atoms with Crippen LogP contribution in [-0.2, 0) is 4.79 Å². The molecule has 1 aromatic rings. The molecule has 0 heterocycles. The Hall–Kier alpha value is -2.35. The average molecular weight is 285 g/mol. The van der Waals surface area contributed by atoms with Crippen molar-refractivity contribution in [2.75, 3.05) is 11.9 Å². The molecular weight excluding hydrogens is 266 g/mol. The van der Waals surface area contributed by atoms with Crippen molar-refractivity contribution < 1.29 is 9.59 Å². The molecule has 5 nitrogen and oxygen atoms in total. The molecule has 1 saturated carbocycles. The van der Waals surface area contributed by atoms with Crippen LogP contribution < -0.4 is 10.6 Å². The van der Waals surface area contributed by atoms with E-state index < -0.39 is 5.54 Å². The standard InChI is InChI=1S/C16H19N3O2/c1-12(20)13-4-6-14(7-5-13)18-10-15(21)19-16(11-17)8-2-3-9-16/h4-7,18H,2-3,8-10H2,1H3,(H,19,21). The fraction of sp³-hybridized carbons (Fsp3) is 0.438. The second-order valence-electron chi connectivity index (χ2n) is 5.44. The van der Waals surface area contributed by atoms with E-state index in [0.29, 0.717) is 5.56 Å². The number of rotatable bonds is 5. The maximum Gasteiger partial charge on any atom is 0.240 e. The summed E-state index contributed by atoms with van der Waals surface area (Å²) < 4.78 is 0. The number of hydrogen-bond donors (Lipinski definition) is 2. The number of Topliss-reactive ketones (excluding diaryl/α,β-unsaturated/α-hetero) is 1. The largest absolute Gasteiger partial charge is 0.376 e. The maximum absolute atomic E-state index is 11.9. The molecule has 1 aromatic carbocycles. The molecule has 1 fully saturated rings. The van der Waals surface area contributed by atoms with Gasteiger partial charge in [-0.1, -0.05) is 0 Å². The Morgan fingerprint density at radius 1 is 1.24 bits per heavy atom. The normalized spacial score (nSPS) is 16.0. The summed E-state index contributed by atoms with van der Waals surface area (Å²) in [6, 6.07) is 9.19. The SMILES string of the molecule is CC(=O)c1ccc(NCC(=O)NC2(C#N)CCCC2)cc1. The highest BCUT2D eigenvalue weighted by atomic mass is 16.2. The third kappa shape index (κ3) is 3.82. The summed E-state index contributed by atoms with van der Waals surface area (Å²) in [7, 11) is 0. The van der Waals surface area contributed by atoms with Crippen LogP contribution in [0.3, 0.4) is 0 Å². The number of hydrogen-bond acceptors (Lipinski definition) is 4. The van der Waals surface area contributed by atoms with E-state index in [9.17, 15) is 14.9 Å². The molecule has 0 spiro atoms. The lowest BCUT2D eigenvalue weighted by Crippen LogP contribution is -2.47. The minimum atomic E-state index is -0.683. The average Bonchev–Trinajstić information content (AvgIpc) is 2.94. The van der Waals surface area contributed by atoms with E-state index in [0.717, 1.165) is 31.4 Å². The molecule has 21 heavy (non-hydrogen) atoms. The first-order valence-corrected chi connectivity index (χ1v) is 7.12. The zero-order chi connectivity index (χ0) is 15.3. The predicted octanol–water partition coefficient (Wildman–Crippen LogP) is 2.25. The van der Waals surface area contributed by atoms with Gasteiger partial charge in [-0.2, -0.15) is 5.26 Å². The van der Waals surface area contributed by atoms with E-state index in [-0.39, 0.29) is 18.2 Å². The number of amides is 1. The van der Waals surface area contributed by atoms with Crippen molar-refractivity contribution in [3.63, 3.8) is 0 Å². The van der Waals surface area contributed by atoms with Crippen molar-refractivity contribution in [1.29, 1.82) is 5.26 Å². The fourth-order valence-electron chi connectivity index (χ4n) is 2.56. The zero-order valence-corrected chi connectivity index (χ0v) is 12.1. The van der Waals surface area contributed by atoms with E-state index in [1.807, 2.05) is 0 Å². The predicted molar refractivity (Wildman–Crippen MR) is 79.9 cm³/mol. The monoisotopic (exact) mass is 285 g/mol. The maximum atomic E-state index is 11.9. The van der Waals surface area contributed by atoms with Crippen LogP contribution in [0.4, 0.5) is 5.69 Å². The number of nitrogens with one attached hydrogen (secondary N) is 2. The third-order valence-electron chi connectivity index (χ3n) is 3.79. The Morgan fingerprint density at radius 3 is 2.38 bits per heavy atom. The van der Waals surface area contributed by atoms with Crippen molar-refractivity contribution >= 4 is 17.4 Å². The Kier molecular flexibility index (Phi) is 4.59. The van der Waals surface area contributed by atoms with Crippen molar-refractivity contribution in [3.05, 3.63) is 29.8 Å². The van der Waals surface area contributed by atoms with E-state index in [1.165, 1.54) is 6.92 Å². The molecule has 1 aliphatic carbocycles. The van der Waals surface area contributed by atoms with E-state index in [1.54, 1.807) is 24.3 Å². The smallest absolute Gasteiger partial charge is 0.240 e. The number of carbonyl (C=O) groups is 2. The van der Waals surface area contributed by atoms with Crippen molar-refractivity contribution in [2.24, 2.45) is 0 Å². The van der Waals surface area contributed by atoms with Crippen LogP contribution in [0.15, 0.2) is 24.3 Å². The molecule has 0 bridgehead atoms. The summed E-state index contributed by atoms with van der Waals surface area (Å²) in [6.45, 7) is 1.63. The van der Waals surface area contributed by atoms with Crippen molar-refractivity contribution in [2.45, 2.75) is 38.1 Å². The molecule has 0 aliphatic heterocycles. The fourth-order valence-corrected chi connectivity index (χ4v) is 2.56. The van der Waals surface area contributed by atoms with Crippen LogP contribution in [0.1, 0.15) is 43.0 Å². The highest BCUT2D eigenvalue weighted by Gasteiger charge is 2.35. The Balaban J connectivity index is 1.86. The van der Waals surface area contributed by atoms with Crippen LogP contribution >= 0.6 is 0 Å². The van der Waals surface area contributed by atoms with Gasteiger partial charge < -0.3 is 10.6 Å². The first-order valence-electron chi connectivity index (χ1n) is 7.12. The van der Waals surface area contributed by atoms with Crippen LogP contribution in [0.25, 0.3) is 0 Å². The topological polar surface area (TPSA) is 82.0 Å². The van der Waals surface area contributed by atoms with Crippen LogP contribution in [-0.4, -0.2) is 23.8 Å². The molecule has 1 aliphatic rings. The van der Waals surface area contributed by atoms with E-state index in [2.05, 4.69) is 16.7 Å². The number of carbonyl (C=O) groups excluding carboxylic acids is 2. The van der Waals surface area contributed by atoms with Gasteiger partial charge in [0.2, 0.25) is 5.91 Å². The van der Waals surface area contributed by atoms with Gasteiger partial charge in [0.05, 0.1) is 12.6 Å². The van der Waals surface area contributed by atoms with Crippen molar-refractivity contribution in [3.8, 4) is 6.07 Å². The molecule has 0 saturated heterocycles. The Morgan fingerprint density at radius 2 is 1.86 bits per heavy atom. The van der Waals surface area contributed by atoms with Crippen LogP contribution in [0.5, 0.6) is 0 Å². The van der Waals surface area contributed by atoms with Gasteiger partial charge in [-0.3, -0.25) is 9.59 Å². The summed E-state index contributed by atoms with van der Waals surface area (Å²) in [5.74, 6) is -0.175. The summed E-state index contributed by atoms with van der Waals surface area (Å²) in [5.41, 5.74) is 0.726. The molecular formula is C16H19N3O2. The van der Waals surface area contributed by atoms with Gasteiger partial charge in [-0.15, -0.1) is 0 Å². The highest BCUT2D eigenvalue weighted by Crippen LogP contribution is 2.28. The molecule has 0 radical (unpaired) electrons. The van der Waals surface area contributed by atoms with Gasteiger partial charge in [0.1, 0.15) is 5.54 Å². The molecule has 0 aromatic heterocycles. The number of nitrogens with zero attached hydrogens (tertiary/aromatic N) is 1. The molecule has 5 heteroatoms. The Labute approximate surface area is 124 Å². The summed E-state index contributed by atoms with van der Waals surface area (Å²) >= 11 is 0. The summed E-state index contributed by atoms with van der Waals surface area (Å²) in [4.78, 5) is 23.1. The summed E-state index contributed by atoms with van der Waals surface area (Å²) in [5, 5.41) is 15.0. The van der Waals surface area contributed by atoms with E-state index in [4.69, 9.17) is 0 Å². The number of ketones is 1. The highest BCUT2D eigenvalue weighted by molar-refractivity contribution is 5.94. The number of benzene rings is 1. The molecule has 0 atom stereocenters. The Bertz CT molecular complexity index is 566. The van der Waals surface area contributed by atoms with Gasteiger partial charge in [0.25, 0.3) is 0 Å². The molecule has 2 N–H and O–H groups in total. The van der Waals surface area contributed by atoms with Crippen LogP contribution in [0, 0.1) is 11.3 Å². The van der Waals surface area contributed by atoms with Gasteiger partial charge in [-0.25, -0.2) is 0 Å². The van der Waals surface area contributed by atoms with Gasteiger partial charge >= 0.3 is 0 Å².